The first kappa shape index (κ1) is 26.8. The molecule has 1 aliphatic rings. The Balaban J connectivity index is 1.32. The number of hydrogen-bond donors (Lipinski definition) is 2. The van der Waals surface area contributed by atoms with Crippen molar-refractivity contribution in [3.8, 4) is 5.69 Å². The van der Waals surface area contributed by atoms with Crippen molar-refractivity contribution in [3.63, 3.8) is 0 Å². The van der Waals surface area contributed by atoms with E-state index in [2.05, 4.69) is 20.6 Å². The summed E-state index contributed by atoms with van der Waals surface area (Å²) in [5.41, 5.74) is 2.43. The third kappa shape index (κ3) is 5.38. The first-order chi connectivity index (χ1) is 18.8. The molecule has 3 heterocycles. The summed E-state index contributed by atoms with van der Waals surface area (Å²) in [5.74, 6) is 0.357. The molecule has 3 aromatic heterocycles. The number of fused-ring (bicyclic) bond motifs is 1. The molecule has 0 unspecified atom stereocenters. The van der Waals surface area contributed by atoms with Gasteiger partial charge in [-0.1, -0.05) is 23.7 Å². The van der Waals surface area contributed by atoms with Crippen LogP contribution in [0.3, 0.4) is 0 Å². The van der Waals surface area contributed by atoms with Crippen LogP contribution in [0.15, 0.2) is 53.6 Å². The maximum Gasteiger partial charge on any atom is 0.333 e. The SMILES string of the molecule is CNc1cc(C)c(-n2c(=O)n(CC3CCC(NC(=O)c4cc(Cl)cnc4C(F)F)CC3)c3ccccc32)cn1. The number of aryl methyl sites for hydroxylation is 1. The summed E-state index contributed by atoms with van der Waals surface area (Å²) in [6.45, 7) is 2.50. The molecule has 1 fully saturated rings. The Morgan fingerprint density at radius 1 is 1.10 bits per heavy atom. The van der Waals surface area contributed by atoms with Gasteiger partial charge in [-0.25, -0.2) is 18.6 Å². The third-order valence-electron chi connectivity index (χ3n) is 7.38. The number of nitrogens with one attached hydrogen (secondary N) is 2. The van der Waals surface area contributed by atoms with E-state index in [1.807, 2.05) is 41.8 Å². The minimum absolute atomic E-state index is 0.123. The highest BCUT2D eigenvalue weighted by Gasteiger charge is 2.27. The molecule has 8 nitrogen and oxygen atoms in total. The summed E-state index contributed by atoms with van der Waals surface area (Å²) >= 11 is 5.90. The summed E-state index contributed by atoms with van der Waals surface area (Å²) < 4.78 is 30.2. The zero-order valence-electron chi connectivity index (χ0n) is 21.6. The Bertz CT molecular complexity index is 1580. The number of aromatic nitrogens is 4. The molecule has 0 bridgehead atoms. The number of anilines is 1. The lowest BCUT2D eigenvalue weighted by Gasteiger charge is -2.29. The van der Waals surface area contributed by atoms with Gasteiger partial charge in [-0.3, -0.25) is 18.9 Å². The number of pyridine rings is 2. The second-order valence-corrected chi connectivity index (χ2v) is 10.3. The van der Waals surface area contributed by atoms with Crippen LogP contribution in [-0.4, -0.2) is 38.1 Å². The van der Waals surface area contributed by atoms with Crippen molar-refractivity contribution in [2.45, 2.75) is 51.6 Å². The first-order valence-corrected chi connectivity index (χ1v) is 13.2. The molecule has 1 amide bonds. The van der Waals surface area contributed by atoms with E-state index in [0.717, 1.165) is 47.1 Å². The van der Waals surface area contributed by atoms with Crippen LogP contribution in [0.25, 0.3) is 16.7 Å². The fourth-order valence-electron chi connectivity index (χ4n) is 5.35. The Morgan fingerprint density at radius 3 is 2.49 bits per heavy atom. The molecule has 204 valence electrons. The van der Waals surface area contributed by atoms with Gasteiger partial charge in [0.2, 0.25) is 0 Å². The maximum atomic E-state index is 13.7. The first-order valence-electron chi connectivity index (χ1n) is 12.9. The third-order valence-corrected chi connectivity index (χ3v) is 7.58. The lowest BCUT2D eigenvalue weighted by Crippen LogP contribution is -2.39. The molecule has 0 saturated heterocycles. The van der Waals surface area contributed by atoms with Crippen molar-refractivity contribution in [2.75, 3.05) is 12.4 Å². The minimum Gasteiger partial charge on any atom is -0.373 e. The van der Waals surface area contributed by atoms with Crippen molar-refractivity contribution in [2.24, 2.45) is 5.92 Å². The summed E-state index contributed by atoms with van der Waals surface area (Å²) in [5, 5.41) is 6.02. The summed E-state index contributed by atoms with van der Waals surface area (Å²) in [6, 6.07) is 10.7. The number of halogens is 3. The molecule has 1 aliphatic carbocycles. The van der Waals surface area contributed by atoms with Crippen LogP contribution in [0.4, 0.5) is 14.6 Å². The van der Waals surface area contributed by atoms with Gasteiger partial charge in [0.1, 0.15) is 11.5 Å². The number of carbonyl (C=O) groups excluding carboxylic acids is 1. The Kier molecular flexibility index (Phi) is 7.65. The fourth-order valence-corrected chi connectivity index (χ4v) is 5.51. The van der Waals surface area contributed by atoms with Crippen LogP contribution in [-0.2, 0) is 6.54 Å². The average Bonchev–Trinajstić information content (AvgIpc) is 3.20. The lowest BCUT2D eigenvalue weighted by atomic mass is 9.85. The van der Waals surface area contributed by atoms with Gasteiger partial charge in [0.15, 0.2) is 0 Å². The van der Waals surface area contributed by atoms with E-state index in [4.69, 9.17) is 11.6 Å². The lowest BCUT2D eigenvalue weighted by molar-refractivity contribution is 0.0904. The molecule has 39 heavy (non-hydrogen) atoms. The number of rotatable bonds is 7. The quantitative estimate of drug-likeness (QED) is 0.314. The summed E-state index contributed by atoms with van der Waals surface area (Å²) in [4.78, 5) is 34.5. The van der Waals surface area contributed by atoms with Gasteiger partial charge in [0.25, 0.3) is 12.3 Å². The normalized spacial score (nSPS) is 17.5. The van der Waals surface area contributed by atoms with E-state index in [-0.39, 0.29) is 28.2 Å². The van der Waals surface area contributed by atoms with E-state index >= 15 is 0 Å². The Labute approximate surface area is 229 Å². The molecular weight excluding hydrogens is 526 g/mol. The number of hydrogen-bond acceptors (Lipinski definition) is 5. The molecule has 2 N–H and O–H groups in total. The molecule has 0 atom stereocenters. The standard InChI is InChI=1S/C28H29ClF2N6O2/c1-16-11-24(32-2)33-14-23(16)37-22-6-4-3-5-21(22)36(28(37)39)15-17-7-9-19(10-8-17)35-27(38)20-12-18(29)13-34-25(20)26(30)31/h3-6,11-14,17,19,26H,7-10,15H2,1-2H3,(H,32,33)(H,35,38). The number of alkyl halides is 2. The highest BCUT2D eigenvalue weighted by Crippen LogP contribution is 2.29. The molecule has 0 aliphatic heterocycles. The molecule has 0 radical (unpaired) electrons. The number of para-hydroxylation sites is 2. The van der Waals surface area contributed by atoms with E-state index in [9.17, 15) is 18.4 Å². The van der Waals surface area contributed by atoms with Gasteiger partial charge in [0.05, 0.1) is 33.5 Å². The summed E-state index contributed by atoms with van der Waals surface area (Å²) in [6.07, 6.45) is 2.86. The van der Waals surface area contributed by atoms with Gasteiger partial charge < -0.3 is 10.6 Å². The number of imidazole rings is 1. The van der Waals surface area contributed by atoms with Crippen molar-refractivity contribution in [1.29, 1.82) is 0 Å². The Hall–Kier alpha value is -3.79. The minimum atomic E-state index is -2.87. The predicted octanol–water partition coefficient (Wildman–Crippen LogP) is 5.51. The van der Waals surface area contributed by atoms with Gasteiger partial charge in [0, 0.05) is 25.8 Å². The van der Waals surface area contributed by atoms with E-state index in [0.29, 0.717) is 19.4 Å². The van der Waals surface area contributed by atoms with Crippen LogP contribution in [0.2, 0.25) is 5.02 Å². The fraction of sp³-hybridized carbons (Fsp3) is 0.357. The van der Waals surface area contributed by atoms with Crippen molar-refractivity contribution < 1.29 is 13.6 Å². The predicted molar refractivity (Wildman–Crippen MR) is 147 cm³/mol. The van der Waals surface area contributed by atoms with E-state index in [1.165, 1.54) is 6.07 Å². The smallest absolute Gasteiger partial charge is 0.333 e. The summed E-state index contributed by atoms with van der Waals surface area (Å²) in [7, 11) is 1.80. The van der Waals surface area contributed by atoms with E-state index in [1.54, 1.807) is 17.8 Å². The number of carbonyl (C=O) groups is 1. The second kappa shape index (κ2) is 11.1. The van der Waals surface area contributed by atoms with Gasteiger partial charge in [-0.05, 0) is 68.4 Å². The van der Waals surface area contributed by atoms with Crippen LogP contribution in [0.5, 0.6) is 0 Å². The van der Waals surface area contributed by atoms with Crippen LogP contribution >= 0.6 is 11.6 Å². The number of nitrogens with zero attached hydrogens (tertiary/aromatic N) is 4. The molecule has 0 spiro atoms. The van der Waals surface area contributed by atoms with Crippen molar-refractivity contribution >= 4 is 34.4 Å². The van der Waals surface area contributed by atoms with Crippen LogP contribution in [0, 0.1) is 12.8 Å². The van der Waals surface area contributed by atoms with Crippen molar-refractivity contribution in [1.82, 2.24) is 24.4 Å². The van der Waals surface area contributed by atoms with Gasteiger partial charge in [-0.15, -0.1) is 0 Å². The zero-order valence-corrected chi connectivity index (χ0v) is 22.4. The zero-order chi connectivity index (χ0) is 27.7. The topological polar surface area (TPSA) is 93.8 Å². The van der Waals surface area contributed by atoms with Gasteiger partial charge in [-0.2, -0.15) is 0 Å². The molecule has 4 aromatic rings. The van der Waals surface area contributed by atoms with Crippen LogP contribution < -0.4 is 16.3 Å². The number of benzene rings is 1. The monoisotopic (exact) mass is 554 g/mol. The Morgan fingerprint density at radius 2 is 1.82 bits per heavy atom. The molecule has 11 heteroatoms. The van der Waals surface area contributed by atoms with Gasteiger partial charge >= 0.3 is 5.69 Å². The highest BCUT2D eigenvalue weighted by molar-refractivity contribution is 6.30. The second-order valence-electron chi connectivity index (χ2n) is 9.90. The molecular formula is C28H29ClF2N6O2. The molecule has 1 saturated carbocycles. The molecule has 1 aromatic carbocycles. The molecule has 5 rings (SSSR count). The van der Waals surface area contributed by atoms with Crippen molar-refractivity contribution in [3.05, 3.63) is 81.1 Å². The van der Waals surface area contributed by atoms with Crippen LogP contribution in [0.1, 0.15) is 53.7 Å². The largest absolute Gasteiger partial charge is 0.373 e. The van der Waals surface area contributed by atoms with E-state index < -0.39 is 18.0 Å². The maximum absolute atomic E-state index is 13.7. The average molecular weight is 555 g/mol. The number of amides is 1. The highest BCUT2D eigenvalue weighted by atomic mass is 35.5.